The number of benzene rings is 2. The number of nitrogens with zero attached hydrogens (tertiary/aromatic N) is 3. The molecule has 1 saturated carbocycles. The van der Waals surface area contributed by atoms with E-state index in [9.17, 15) is 24.0 Å². The molecule has 12 heteroatoms. The molecule has 0 unspecified atom stereocenters. The van der Waals surface area contributed by atoms with Crippen LogP contribution in [0.2, 0.25) is 0 Å². The lowest BCUT2D eigenvalue weighted by Crippen LogP contribution is -2.52. The number of anilines is 1. The minimum absolute atomic E-state index is 0.0225. The van der Waals surface area contributed by atoms with Crippen LogP contribution in [-0.2, 0) is 55.9 Å². The van der Waals surface area contributed by atoms with E-state index in [0.29, 0.717) is 25.6 Å². The van der Waals surface area contributed by atoms with E-state index in [1.807, 2.05) is 68.4 Å². The van der Waals surface area contributed by atoms with Crippen molar-refractivity contribution in [2.24, 2.45) is 11.8 Å². The summed E-state index contributed by atoms with van der Waals surface area (Å²) in [6.07, 6.45) is 1.48. The Hall–Kier alpha value is -4.45. The van der Waals surface area contributed by atoms with Gasteiger partial charge in [0.25, 0.3) is 5.91 Å². The van der Waals surface area contributed by atoms with Gasteiger partial charge in [0.1, 0.15) is 18.7 Å². The first-order valence-corrected chi connectivity index (χ1v) is 18.2. The number of hydrogen-bond donors (Lipinski definition) is 0. The predicted molar refractivity (Wildman–Crippen MR) is 195 cm³/mol. The monoisotopic (exact) mass is 720 g/mol. The second-order valence-corrected chi connectivity index (χ2v) is 14.1. The molecule has 2 aromatic rings. The van der Waals surface area contributed by atoms with Gasteiger partial charge in [0.15, 0.2) is 12.2 Å². The maximum absolute atomic E-state index is 14.4. The number of rotatable bonds is 18. The fourth-order valence-corrected chi connectivity index (χ4v) is 6.10. The van der Waals surface area contributed by atoms with Crippen LogP contribution in [0.1, 0.15) is 64.5 Å². The molecule has 2 fully saturated rings. The summed E-state index contributed by atoms with van der Waals surface area (Å²) in [6, 6.07) is 14.9. The van der Waals surface area contributed by atoms with E-state index in [4.69, 9.17) is 18.9 Å². The molecule has 4 rings (SSSR count). The molecule has 2 amide bonds. The fourth-order valence-electron chi connectivity index (χ4n) is 6.10. The minimum atomic E-state index is -1.31. The summed E-state index contributed by atoms with van der Waals surface area (Å²) >= 11 is 0. The van der Waals surface area contributed by atoms with E-state index >= 15 is 0 Å². The predicted octanol–water partition coefficient (Wildman–Crippen LogP) is 4.38. The van der Waals surface area contributed by atoms with Gasteiger partial charge in [-0.25, -0.2) is 14.4 Å². The Kier molecular flexibility index (Phi) is 15.0. The van der Waals surface area contributed by atoms with Crippen LogP contribution in [0.4, 0.5) is 5.69 Å². The van der Waals surface area contributed by atoms with Crippen LogP contribution in [0.3, 0.4) is 0 Å². The molecule has 12 nitrogen and oxygen atoms in total. The first-order chi connectivity index (χ1) is 24.9. The smallest absolute Gasteiger partial charge is 0.347 e. The van der Waals surface area contributed by atoms with Gasteiger partial charge in [-0.05, 0) is 54.9 Å². The lowest BCUT2D eigenvalue weighted by atomic mass is 10.0. The molecular weight excluding hydrogens is 666 g/mol. The van der Waals surface area contributed by atoms with Gasteiger partial charge in [0, 0.05) is 45.7 Å². The normalized spacial score (nSPS) is 16.6. The van der Waals surface area contributed by atoms with Crippen LogP contribution >= 0.6 is 0 Å². The Bertz CT molecular complexity index is 1490. The van der Waals surface area contributed by atoms with E-state index in [-0.39, 0.29) is 31.3 Å². The molecule has 1 radical (unpaired) electrons. The Morgan fingerprint density at radius 3 is 2.06 bits per heavy atom. The number of carbonyl (C=O) groups excluding carboxylic acids is 5. The maximum Gasteiger partial charge on any atom is 0.347 e. The molecular formula is C40H54N3O9. The first kappa shape index (κ1) is 40.3. The molecule has 1 heterocycles. The number of esters is 3. The highest BCUT2D eigenvalue weighted by atomic mass is 16.6. The SMILES string of the molecule is C[CH]C(=O)N(C)[C@@H](CC1CC1)C(=O)O[C@H](Cc1ccc(N2CCOCC2)cc1)C(=O)N(C)[C@@H](CC(C)C)C(=O)O[C@H](C)C(=O)OCc1ccccc1. The van der Waals surface area contributed by atoms with Crippen molar-refractivity contribution in [3.63, 3.8) is 0 Å². The third-order valence-electron chi connectivity index (χ3n) is 9.49. The third-order valence-corrected chi connectivity index (χ3v) is 9.49. The van der Waals surface area contributed by atoms with Crippen molar-refractivity contribution in [2.45, 2.75) is 90.7 Å². The summed E-state index contributed by atoms with van der Waals surface area (Å²) in [5, 5.41) is 0. The van der Waals surface area contributed by atoms with Crippen LogP contribution in [0.25, 0.3) is 0 Å². The highest BCUT2D eigenvalue weighted by Crippen LogP contribution is 2.35. The maximum atomic E-state index is 14.4. The third kappa shape index (κ3) is 11.8. The molecule has 2 aromatic carbocycles. The van der Waals surface area contributed by atoms with Crippen molar-refractivity contribution in [2.75, 3.05) is 45.3 Å². The Balaban J connectivity index is 1.54. The van der Waals surface area contributed by atoms with E-state index < -0.39 is 48.1 Å². The van der Waals surface area contributed by atoms with Gasteiger partial charge in [0.2, 0.25) is 5.91 Å². The standard InChI is InChI=1S/C40H54N3O9/c1-7-36(44)41(5)34(24-29-13-14-29)40(48)52-35(25-30-15-17-32(18-16-30)43-19-21-49-22-20-43)37(45)42(6)33(23-27(2)3)39(47)51-28(4)38(46)50-26-31-11-9-8-10-12-31/h7-12,15-18,27-29,33-35H,13-14,19-26H2,1-6H3/t28-,33+,34+,35-/m1/s1. The van der Waals surface area contributed by atoms with Crippen LogP contribution in [0.15, 0.2) is 54.6 Å². The number of carbonyl (C=O) groups is 5. The minimum Gasteiger partial charge on any atom is -0.458 e. The number of likely N-dealkylation sites (N-methyl/N-ethyl adjacent to an activating group) is 2. The second kappa shape index (κ2) is 19.4. The van der Waals surface area contributed by atoms with Gasteiger partial charge < -0.3 is 33.6 Å². The summed E-state index contributed by atoms with van der Waals surface area (Å²) in [7, 11) is 3.03. The van der Waals surface area contributed by atoms with E-state index in [1.54, 1.807) is 14.0 Å². The largest absolute Gasteiger partial charge is 0.458 e. The molecule has 0 spiro atoms. The van der Waals surface area contributed by atoms with Crippen molar-refractivity contribution >= 4 is 35.4 Å². The van der Waals surface area contributed by atoms with E-state index in [2.05, 4.69) is 4.90 Å². The van der Waals surface area contributed by atoms with E-state index in [0.717, 1.165) is 42.7 Å². The highest BCUT2D eigenvalue weighted by Gasteiger charge is 2.40. The Morgan fingerprint density at radius 1 is 0.827 bits per heavy atom. The molecule has 1 aliphatic heterocycles. The summed E-state index contributed by atoms with van der Waals surface area (Å²) in [5.74, 6) is -2.84. The van der Waals surface area contributed by atoms with Crippen LogP contribution in [-0.4, -0.2) is 104 Å². The lowest BCUT2D eigenvalue weighted by molar-refractivity contribution is -0.174. The molecule has 0 N–H and O–H groups in total. The Labute approximate surface area is 307 Å². The average Bonchev–Trinajstić information content (AvgIpc) is 3.98. The Morgan fingerprint density at radius 2 is 1.46 bits per heavy atom. The molecule has 2 aliphatic rings. The average molecular weight is 721 g/mol. The quantitative estimate of drug-likeness (QED) is 0.162. The molecule has 4 atom stereocenters. The number of morpholine rings is 1. The van der Waals surface area contributed by atoms with Gasteiger partial charge in [-0.15, -0.1) is 0 Å². The number of amides is 2. The van der Waals surface area contributed by atoms with Crippen molar-refractivity contribution < 1.29 is 42.9 Å². The van der Waals surface area contributed by atoms with Gasteiger partial charge in [-0.2, -0.15) is 0 Å². The molecule has 0 aromatic heterocycles. The topological polar surface area (TPSA) is 132 Å². The lowest BCUT2D eigenvalue weighted by Gasteiger charge is -2.33. The first-order valence-electron chi connectivity index (χ1n) is 18.2. The van der Waals surface area contributed by atoms with Crippen molar-refractivity contribution in [1.29, 1.82) is 0 Å². The zero-order valence-corrected chi connectivity index (χ0v) is 31.3. The highest BCUT2D eigenvalue weighted by molar-refractivity contribution is 5.92. The van der Waals surface area contributed by atoms with Gasteiger partial charge in [0.05, 0.1) is 13.2 Å². The van der Waals surface area contributed by atoms with Crippen molar-refractivity contribution in [3.05, 3.63) is 72.1 Å². The van der Waals surface area contributed by atoms with Crippen LogP contribution in [0, 0.1) is 18.3 Å². The van der Waals surface area contributed by atoms with Crippen LogP contribution < -0.4 is 4.90 Å². The molecule has 1 aliphatic carbocycles. The summed E-state index contributed by atoms with van der Waals surface area (Å²) in [4.78, 5) is 72.1. The van der Waals surface area contributed by atoms with Gasteiger partial charge in [-0.1, -0.05) is 76.1 Å². The number of ether oxygens (including phenoxy) is 4. The fraction of sp³-hybridized carbons (Fsp3) is 0.550. The van der Waals surface area contributed by atoms with Crippen molar-refractivity contribution in [1.82, 2.24) is 9.80 Å². The molecule has 0 bridgehead atoms. The molecule has 52 heavy (non-hydrogen) atoms. The zero-order valence-electron chi connectivity index (χ0n) is 31.3. The molecule has 283 valence electrons. The zero-order chi connectivity index (χ0) is 37.8. The summed E-state index contributed by atoms with van der Waals surface area (Å²) < 4.78 is 22.4. The summed E-state index contributed by atoms with van der Waals surface area (Å²) in [5.41, 5.74) is 2.55. The van der Waals surface area contributed by atoms with Crippen molar-refractivity contribution in [3.8, 4) is 0 Å². The van der Waals surface area contributed by atoms with Gasteiger partial charge in [-0.3, -0.25) is 9.59 Å². The molecule has 1 saturated heterocycles. The van der Waals surface area contributed by atoms with Crippen LogP contribution in [0.5, 0.6) is 0 Å². The second-order valence-electron chi connectivity index (χ2n) is 14.1. The summed E-state index contributed by atoms with van der Waals surface area (Å²) in [6.45, 7) is 9.69. The van der Waals surface area contributed by atoms with Gasteiger partial charge >= 0.3 is 17.9 Å². The van der Waals surface area contributed by atoms with E-state index in [1.165, 1.54) is 30.2 Å². The number of hydrogen-bond acceptors (Lipinski definition) is 10.